The Morgan fingerprint density at radius 2 is 2.00 bits per heavy atom. The second kappa shape index (κ2) is 8.43. The number of benzene rings is 1. The molecule has 0 bridgehead atoms. The first kappa shape index (κ1) is 18.7. The predicted octanol–water partition coefficient (Wildman–Crippen LogP) is 2.10. The molecule has 0 aliphatic heterocycles. The van der Waals surface area contributed by atoms with Crippen LogP contribution in [-0.2, 0) is 23.1 Å². The molecule has 24 heavy (non-hydrogen) atoms. The maximum absolute atomic E-state index is 12.1. The first-order valence-electron chi connectivity index (χ1n) is 7.52. The highest BCUT2D eigenvalue weighted by atomic mass is 35.5. The highest BCUT2D eigenvalue weighted by molar-refractivity contribution is 7.89. The summed E-state index contributed by atoms with van der Waals surface area (Å²) in [6, 6.07) is 6.07. The third kappa shape index (κ3) is 5.17. The van der Waals surface area contributed by atoms with Crippen LogP contribution in [0, 0.1) is 6.92 Å². The molecular weight excluding hydrogens is 348 g/mol. The first-order chi connectivity index (χ1) is 11.4. The molecule has 0 spiro atoms. The lowest BCUT2D eigenvalue weighted by molar-refractivity contribution is 0.575. The number of nitrogens with one attached hydrogen (secondary N) is 2. The van der Waals surface area contributed by atoms with Crippen LogP contribution >= 0.6 is 11.6 Å². The molecule has 6 nitrogen and oxygen atoms in total. The van der Waals surface area contributed by atoms with Crippen LogP contribution in [0.25, 0.3) is 0 Å². The number of hydrogen-bond acceptors (Lipinski definition) is 4. The summed E-state index contributed by atoms with van der Waals surface area (Å²) in [4.78, 5) is 0.202. The molecule has 1 aromatic carbocycles. The summed E-state index contributed by atoms with van der Waals surface area (Å²) in [5.41, 5.74) is 2.03. The molecule has 1 aromatic heterocycles. The van der Waals surface area contributed by atoms with Crippen molar-refractivity contribution < 1.29 is 8.42 Å². The molecule has 130 valence electrons. The van der Waals surface area contributed by atoms with Crippen LogP contribution in [0.2, 0.25) is 5.02 Å². The fourth-order valence-corrected chi connectivity index (χ4v) is 3.31. The van der Waals surface area contributed by atoms with Crippen molar-refractivity contribution in [3.05, 3.63) is 59.4 Å². The molecule has 0 saturated heterocycles. The Labute approximate surface area is 147 Å². The highest BCUT2D eigenvalue weighted by Crippen LogP contribution is 2.13. The van der Waals surface area contributed by atoms with Gasteiger partial charge in [0, 0.05) is 36.4 Å². The van der Waals surface area contributed by atoms with Gasteiger partial charge in [0.1, 0.15) is 0 Å². The van der Waals surface area contributed by atoms with Gasteiger partial charge >= 0.3 is 0 Å². The number of rotatable bonds is 9. The van der Waals surface area contributed by atoms with E-state index in [0.29, 0.717) is 31.2 Å². The smallest absolute Gasteiger partial charge is 0.240 e. The Bertz CT molecular complexity index is 785. The minimum Gasteiger partial charge on any atom is -0.311 e. The fourth-order valence-electron chi connectivity index (χ4n) is 2.15. The van der Waals surface area contributed by atoms with Crippen LogP contribution in [0.3, 0.4) is 0 Å². The molecular formula is C16H21ClN4O2S. The minimum atomic E-state index is -3.51. The first-order valence-corrected chi connectivity index (χ1v) is 9.38. The lowest BCUT2D eigenvalue weighted by Crippen LogP contribution is -2.31. The SMILES string of the molecule is C=CCn1cc(CNCCNS(=O)(=O)c2ccc(Cl)cc2)c(C)n1. The van der Waals surface area contributed by atoms with Crippen molar-refractivity contribution in [1.29, 1.82) is 0 Å². The zero-order valence-electron chi connectivity index (χ0n) is 13.5. The normalized spacial score (nSPS) is 11.6. The lowest BCUT2D eigenvalue weighted by atomic mass is 10.2. The number of halogens is 1. The van der Waals surface area contributed by atoms with Gasteiger partial charge in [0.15, 0.2) is 0 Å². The van der Waals surface area contributed by atoms with Crippen LogP contribution in [0.5, 0.6) is 0 Å². The molecule has 2 N–H and O–H groups in total. The topological polar surface area (TPSA) is 76.0 Å². The number of nitrogens with zero attached hydrogens (tertiary/aromatic N) is 2. The molecule has 0 aliphatic rings. The molecule has 0 fully saturated rings. The maximum atomic E-state index is 12.1. The summed E-state index contributed by atoms with van der Waals surface area (Å²) in [7, 11) is -3.51. The van der Waals surface area contributed by atoms with Gasteiger partial charge in [0.05, 0.1) is 17.1 Å². The van der Waals surface area contributed by atoms with Gasteiger partial charge < -0.3 is 5.32 Å². The largest absolute Gasteiger partial charge is 0.311 e. The van der Waals surface area contributed by atoms with Crippen molar-refractivity contribution in [3.8, 4) is 0 Å². The average molecular weight is 369 g/mol. The van der Waals surface area contributed by atoms with Crippen LogP contribution in [0.4, 0.5) is 0 Å². The quantitative estimate of drug-likeness (QED) is 0.525. The highest BCUT2D eigenvalue weighted by Gasteiger charge is 2.12. The third-order valence-corrected chi connectivity index (χ3v) is 5.13. The van der Waals surface area contributed by atoms with E-state index in [-0.39, 0.29) is 4.90 Å². The van der Waals surface area contributed by atoms with E-state index in [4.69, 9.17) is 11.6 Å². The van der Waals surface area contributed by atoms with Crippen LogP contribution in [-0.4, -0.2) is 31.3 Å². The van der Waals surface area contributed by atoms with Crippen LogP contribution < -0.4 is 10.0 Å². The van der Waals surface area contributed by atoms with E-state index in [9.17, 15) is 8.42 Å². The van der Waals surface area contributed by atoms with Crippen molar-refractivity contribution in [2.24, 2.45) is 0 Å². The monoisotopic (exact) mass is 368 g/mol. The number of allylic oxidation sites excluding steroid dienone is 1. The molecule has 8 heteroatoms. The fraction of sp³-hybridized carbons (Fsp3) is 0.312. The molecule has 0 amide bonds. The summed E-state index contributed by atoms with van der Waals surface area (Å²) < 4.78 is 28.6. The van der Waals surface area contributed by atoms with E-state index in [0.717, 1.165) is 11.3 Å². The Balaban J connectivity index is 1.78. The number of sulfonamides is 1. The van der Waals surface area contributed by atoms with E-state index >= 15 is 0 Å². The van der Waals surface area contributed by atoms with Crippen molar-refractivity contribution >= 4 is 21.6 Å². The molecule has 0 atom stereocenters. The van der Waals surface area contributed by atoms with Gasteiger partial charge in [-0.2, -0.15) is 5.10 Å². The predicted molar refractivity (Wildman–Crippen MR) is 95.5 cm³/mol. The van der Waals surface area contributed by atoms with E-state index < -0.39 is 10.0 Å². The summed E-state index contributed by atoms with van der Waals surface area (Å²) >= 11 is 5.76. The maximum Gasteiger partial charge on any atom is 0.240 e. The second-order valence-electron chi connectivity index (χ2n) is 5.28. The van der Waals surface area contributed by atoms with Crippen molar-refractivity contribution in [3.63, 3.8) is 0 Å². The third-order valence-electron chi connectivity index (χ3n) is 3.40. The van der Waals surface area contributed by atoms with E-state index in [2.05, 4.69) is 21.7 Å². The van der Waals surface area contributed by atoms with E-state index in [1.165, 1.54) is 12.1 Å². The number of hydrogen-bond donors (Lipinski definition) is 2. The number of aromatic nitrogens is 2. The summed E-state index contributed by atoms with van der Waals surface area (Å²) in [6.45, 7) is 7.74. The standard InChI is InChI=1S/C16H21ClN4O2S/c1-3-10-21-12-14(13(2)20-21)11-18-8-9-19-24(22,23)16-6-4-15(17)5-7-16/h3-7,12,18-19H,1,8-11H2,2H3. The van der Waals surface area contributed by atoms with Gasteiger partial charge in [0.2, 0.25) is 10.0 Å². The molecule has 0 aliphatic carbocycles. The van der Waals surface area contributed by atoms with Gasteiger partial charge in [-0.3, -0.25) is 4.68 Å². The van der Waals surface area contributed by atoms with Crippen molar-refractivity contribution in [2.45, 2.75) is 24.9 Å². The van der Waals surface area contributed by atoms with Gasteiger partial charge in [-0.1, -0.05) is 17.7 Å². The minimum absolute atomic E-state index is 0.202. The zero-order chi connectivity index (χ0) is 17.6. The zero-order valence-corrected chi connectivity index (χ0v) is 15.1. The Morgan fingerprint density at radius 1 is 1.29 bits per heavy atom. The van der Waals surface area contributed by atoms with Crippen LogP contribution in [0.1, 0.15) is 11.3 Å². The summed E-state index contributed by atoms with van der Waals surface area (Å²) in [6.07, 6.45) is 3.75. The molecule has 0 unspecified atom stereocenters. The molecule has 0 saturated carbocycles. The van der Waals surface area contributed by atoms with Gasteiger partial charge in [-0.25, -0.2) is 13.1 Å². The molecule has 1 heterocycles. The molecule has 2 rings (SSSR count). The van der Waals surface area contributed by atoms with Gasteiger partial charge in [-0.15, -0.1) is 6.58 Å². The Kier molecular flexibility index (Phi) is 6.56. The van der Waals surface area contributed by atoms with Gasteiger partial charge in [0.25, 0.3) is 0 Å². The average Bonchev–Trinajstić information content (AvgIpc) is 2.87. The second-order valence-corrected chi connectivity index (χ2v) is 7.48. The van der Waals surface area contributed by atoms with Crippen molar-refractivity contribution in [2.75, 3.05) is 13.1 Å². The van der Waals surface area contributed by atoms with E-state index in [1.807, 2.05) is 17.8 Å². The Hall–Kier alpha value is -1.67. The van der Waals surface area contributed by atoms with E-state index in [1.54, 1.807) is 18.2 Å². The molecule has 0 radical (unpaired) electrons. The number of aryl methyl sites for hydroxylation is 1. The van der Waals surface area contributed by atoms with Crippen molar-refractivity contribution in [1.82, 2.24) is 19.8 Å². The summed E-state index contributed by atoms with van der Waals surface area (Å²) in [5.74, 6) is 0. The molecule has 2 aromatic rings. The van der Waals surface area contributed by atoms with Gasteiger partial charge in [-0.05, 0) is 31.2 Å². The Morgan fingerprint density at radius 3 is 2.67 bits per heavy atom. The summed E-state index contributed by atoms with van der Waals surface area (Å²) in [5, 5.41) is 8.08. The lowest BCUT2D eigenvalue weighted by Gasteiger charge is -2.08. The van der Waals surface area contributed by atoms with Crippen LogP contribution in [0.15, 0.2) is 48.0 Å².